The van der Waals surface area contributed by atoms with Crippen LogP contribution in [0.25, 0.3) is 0 Å². The van der Waals surface area contributed by atoms with E-state index in [1.165, 1.54) is 41.5 Å². The molecule has 0 bridgehead atoms. The number of aryl methyl sites for hydroxylation is 3. The molecule has 0 aromatic heterocycles. The van der Waals surface area contributed by atoms with Crippen LogP contribution in [0.1, 0.15) is 47.6 Å². The monoisotopic (exact) mass is 246 g/mol. The second-order valence-electron chi connectivity index (χ2n) is 5.79. The Kier molecular flexibility index (Phi) is 4.08. The molecule has 0 saturated heterocycles. The van der Waals surface area contributed by atoms with Crippen LogP contribution in [0.3, 0.4) is 0 Å². The van der Waals surface area contributed by atoms with Gasteiger partial charge in [0.2, 0.25) is 0 Å². The Morgan fingerprint density at radius 2 is 1.78 bits per heavy atom. The van der Waals surface area contributed by atoms with Crippen molar-refractivity contribution in [1.29, 1.82) is 0 Å². The van der Waals surface area contributed by atoms with Crippen LogP contribution in [-0.2, 0) is 0 Å². The van der Waals surface area contributed by atoms with E-state index in [1.54, 1.807) is 0 Å². The quantitative estimate of drug-likeness (QED) is 0.884. The minimum atomic E-state index is 0.370. The van der Waals surface area contributed by atoms with E-state index < -0.39 is 0 Å². The summed E-state index contributed by atoms with van der Waals surface area (Å²) in [7, 11) is 2.23. The SMILES string of the molecule is Cc1cc(C)c(C(CN)N(C)C2CCC2)cc1C. The molecule has 2 heteroatoms. The molecule has 0 aliphatic heterocycles. The van der Waals surface area contributed by atoms with E-state index in [2.05, 4.69) is 44.9 Å². The standard InChI is InChI=1S/C16H26N2/c1-11-8-13(3)15(9-12(11)2)16(10-17)18(4)14-6-5-7-14/h8-9,14,16H,5-7,10,17H2,1-4H3. The van der Waals surface area contributed by atoms with Crippen LogP contribution >= 0.6 is 0 Å². The first-order valence-corrected chi connectivity index (χ1v) is 7.04. The molecule has 1 aliphatic carbocycles. The first kappa shape index (κ1) is 13.6. The zero-order valence-electron chi connectivity index (χ0n) is 12.2. The van der Waals surface area contributed by atoms with Gasteiger partial charge in [0, 0.05) is 18.6 Å². The first-order valence-electron chi connectivity index (χ1n) is 7.04. The predicted octanol–water partition coefficient (Wildman–Crippen LogP) is 3.10. The number of likely N-dealkylation sites (N-methyl/N-ethyl adjacent to an activating group) is 1. The van der Waals surface area contributed by atoms with Crippen LogP contribution in [0.2, 0.25) is 0 Å². The van der Waals surface area contributed by atoms with Crippen molar-refractivity contribution in [3.8, 4) is 0 Å². The van der Waals surface area contributed by atoms with Crippen LogP contribution in [0, 0.1) is 20.8 Å². The van der Waals surface area contributed by atoms with Crippen LogP contribution < -0.4 is 5.73 Å². The van der Waals surface area contributed by atoms with Crippen LogP contribution in [0.5, 0.6) is 0 Å². The van der Waals surface area contributed by atoms with Crippen LogP contribution in [-0.4, -0.2) is 24.5 Å². The minimum absolute atomic E-state index is 0.370. The molecule has 2 rings (SSSR count). The molecule has 0 amide bonds. The molecule has 100 valence electrons. The lowest BCUT2D eigenvalue weighted by Crippen LogP contribution is -2.42. The van der Waals surface area contributed by atoms with E-state index in [0.29, 0.717) is 12.6 Å². The Balaban J connectivity index is 2.28. The van der Waals surface area contributed by atoms with E-state index in [1.807, 2.05) is 0 Å². The summed E-state index contributed by atoms with van der Waals surface area (Å²) in [5, 5.41) is 0. The van der Waals surface area contributed by atoms with Crippen molar-refractivity contribution in [2.45, 2.75) is 52.1 Å². The Bertz CT molecular complexity index is 421. The second-order valence-corrected chi connectivity index (χ2v) is 5.79. The Labute approximate surface area is 111 Å². The molecule has 1 aromatic rings. The van der Waals surface area contributed by atoms with Gasteiger partial charge in [0.05, 0.1) is 0 Å². The highest BCUT2D eigenvalue weighted by molar-refractivity contribution is 5.38. The molecule has 1 unspecified atom stereocenters. The number of benzene rings is 1. The number of rotatable bonds is 4. The van der Waals surface area contributed by atoms with Gasteiger partial charge in [-0.05, 0) is 62.9 Å². The van der Waals surface area contributed by atoms with Crippen molar-refractivity contribution in [2.75, 3.05) is 13.6 Å². The molecule has 1 fully saturated rings. The number of nitrogens with two attached hydrogens (primary N) is 1. The Hall–Kier alpha value is -0.860. The molecule has 1 aromatic carbocycles. The van der Waals surface area contributed by atoms with Crippen molar-refractivity contribution in [1.82, 2.24) is 4.90 Å². The fraction of sp³-hybridized carbons (Fsp3) is 0.625. The highest BCUT2D eigenvalue weighted by atomic mass is 15.2. The zero-order chi connectivity index (χ0) is 13.3. The normalized spacial score (nSPS) is 17.9. The van der Waals surface area contributed by atoms with Gasteiger partial charge in [-0.3, -0.25) is 4.90 Å². The maximum Gasteiger partial charge on any atom is 0.0473 e. The van der Waals surface area contributed by atoms with Gasteiger partial charge in [-0.2, -0.15) is 0 Å². The third-order valence-corrected chi connectivity index (χ3v) is 4.61. The molecule has 2 N–H and O–H groups in total. The smallest absolute Gasteiger partial charge is 0.0473 e. The molecular weight excluding hydrogens is 220 g/mol. The summed E-state index contributed by atoms with van der Waals surface area (Å²) >= 11 is 0. The van der Waals surface area contributed by atoms with Gasteiger partial charge in [0.25, 0.3) is 0 Å². The van der Waals surface area contributed by atoms with Crippen LogP contribution in [0.4, 0.5) is 0 Å². The molecule has 1 saturated carbocycles. The summed E-state index contributed by atoms with van der Waals surface area (Å²) < 4.78 is 0. The van der Waals surface area contributed by atoms with Crippen molar-refractivity contribution in [3.05, 3.63) is 34.4 Å². The van der Waals surface area contributed by atoms with E-state index in [4.69, 9.17) is 5.73 Å². The molecule has 0 spiro atoms. The maximum atomic E-state index is 6.04. The Morgan fingerprint density at radius 3 is 2.28 bits per heavy atom. The molecule has 1 atom stereocenters. The zero-order valence-corrected chi connectivity index (χ0v) is 12.2. The molecule has 0 radical (unpaired) electrons. The summed E-state index contributed by atoms with van der Waals surface area (Å²) in [6, 6.07) is 5.73. The van der Waals surface area contributed by atoms with E-state index in [-0.39, 0.29) is 0 Å². The topological polar surface area (TPSA) is 29.3 Å². The average molecular weight is 246 g/mol. The molecule has 2 nitrogen and oxygen atoms in total. The van der Waals surface area contributed by atoms with E-state index >= 15 is 0 Å². The number of hydrogen-bond donors (Lipinski definition) is 1. The van der Waals surface area contributed by atoms with Gasteiger partial charge in [0.1, 0.15) is 0 Å². The summed E-state index contributed by atoms with van der Waals surface area (Å²) in [5.41, 5.74) is 11.6. The highest BCUT2D eigenvalue weighted by Crippen LogP contribution is 2.32. The minimum Gasteiger partial charge on any atom is -0.329 e. The molecule has 1 aliphatic rings. The number of nitrogens with zero attached hydrogens (tertiary/aromatic N) is 1. The second kappa shape index (κ2) is 5.41. The fourth-order valence-electron chi connectivity index (χ4n) is 2.90. The van der Waals surface area contributed by atoms with E-state index in [9.17, 15) is 0 Å². The molecule has 18 heavy (non-hydrogen) atoms. The van der Waals surface area contributed by atoms with Gasteiger partial charge in [0.15, 0.2) is 0 Å². The lowest BCUT2D eigenvalue weighted by Gasteiger charge is -2.40. The third-order valence-electron chi connectivity index (χ3n) is 4.61. The third kappa shape index (κ3) is 2.45. The van der Waals surface area contributed by atoms with Gasteiger partial charge in [-0.1, -0.05) is 18.6 Å². The summed E-state index contributed by atoms with van der Waals surface area (Å²) in [6.45, 7) is 7.28. The summed E-state index contributed by atoms with van der Waals surface area (Å²) in [4.78, 5) is 2.49. The number of hydrogen-bond acceptors (Lipinski definition) is 2. The summed E-state index contributed by atoms with van der Waals surface area (Å²) in [6.07, 6.45) is 4.03. The predicted molar refractivity (Wildman–Crippen MR) is 77.9 cm³/mol. The van der Waals surface area contributed by atoms with Crippen molar-refractivity contribution < 1.29 is 0 Å². The summed E-state index contributed by atoms with van der Waals surface area (Å²) in [5.74, 6) is 0. The maximum absolute atomic E-state index is 6.04. The average Bonchev–Trinajstić information content (AvgIpc) is 2.24. The lowest BCUT2D eigenvalue weighted by atomic mass is 9.88. The Morgan fingerprint density at radius 1 is 1.17 bits per heavy atom. The van der Waals surface area contributed by atoms with Gasteiger partial charge in [-0.25, -0.2) is 0 Å². The van der Waals surface area contributed by atoms with Crippen molar-refractivity contribution in [2.24, 2.45) is 5.73 Å². The molecule has 0 heterocycles. The van der Waals surface area contributed by atoms with Crippen molar-refractivity contribution >= 4 is 0 Å². The largest absolute Gasteiger partial charge is 0.329 e. The van der Waals surface area contributed by atoms with Gasteiger partial charge >= 0.3 is 0 Å². The lowest BCUT2D eigenvalue weighted by molar-refractivity contribution is 0.113. The van der Waals surface area contributed by atoms with Crippen molar-refractivity contribution in [3.63, 3.8) is 0 Å². The van der Waals surface area contributed by atoms with Gasteiger partial charge < -0.3 is 5.73 Å². The fourth-order valence-corrected chi connectivity index (χ4v) is 2.90. The van der Waals surface area contributed by atoms with Crippen LogP contribution in [0.15, 0.2) is 12.1 Å². The van der Waals surface area contributed by atoms with Gasteiger partial charge in [-0.15, -0.1) is 0 Å². The highest BCUT2D eigenvalue weighted by Gasteiger charge is 2.28. The molecular formula is C16H26N2. The first-order chi connectivity index (χ1) is 8.54. The van der Waals surface area contributed by atoms with E-state index in [0.717, 1.165) is 6.04 Å².